The Balaban J connectivity index is 1.65. The fourth-order valence-corrected chi connectivity index (χ4v) is 5.89. The van der Waals surface area contributed by atoms with E-state index in [9.17, 15) is 22.8 Å². The molecular weight excluding hydrogens is 434 g/mol. The molecule has 30 heavy (non-hydrogen) atoms. The van der Waals surface area contributed by atoms with Crippen LogP contribution in [0.1, 0.15) is 19.8 Å². The molecule has 0 radical (unpaired) electrons. The molecule has 1 atom stereocenters. The lowest BCUT2D eigenvalue weighted by Gasteiger charge is -2.30. The van der Waals surface area contributed by atoms with Crippen LogP contribution in [-0.4, -0.2) is 63.5 Å². The Morgan fingerprint density at radius 3 is 2.83 bits per heavy atom. The lowest BCUT2D eigenvalue weighted by molar-refractivity contribution is -0.149. The van der Waals surface area contributed by atoms with Gasteiger partial charge in [0.05, 0.1) is 30.3 Å². The Morgan fingerprint density at radius 1 is 1.33 bits per heavy atom. The Bertz CT molecular complexity index is 941. The van der Waals surface area contributed by atoms with Crippen LogP contribution in [0.15, 0.2) is 33.0 Å². The van der Waals surface area contributed by atoms with E-state index in [1.165, 1.54) is 10.4 Å². The highest BCUT2D eigenvalue weighted by Crippen LogP contribution is 2.27. The second-order valence-corrected chi connectivity index (χ2v) is 9.84. The number of nitrogens with zero attached hydrogens (tertiary/aromatic N) is 1. The number of carbonyl (C=O) groups excluding carboxylic acids is 3. The van der Waals surface area contributed by atoms with Crippen molar-refractivity contribution in [3.63, 3.8) is 0 Å². The van der Waals surface area contributed by atoms with E-state index < -0.39 is 33.9 Å². The third-order valence-electron chi connectivity index (χ3n) is 4.74. The van der Waals surface area contributed by atoms with E-state index in [2.05, 4.69) is 10.6 Å². The van der Waals surface area contributed by atoms with Crippen LogP contribution in [0.3, 0.4) is 0 Å². The average molecular weight is 458 g/mol. The van der Waals surface area contributed by atoms with Gasteiger partial charge in [0.2, 0.25) is 0 Å². The van der Waals surface area contributed by atoms with Crippen molar-refractivity contribution < 1.29 is 32.3 Å². The van der Waals surface area contributed by atoms with Gasteiger partial charge in [-0.2, -0.15) is 4.31 Å². The van der Waals surface area contributed by atoms with Crippen LogP contribution in [-0.2, 0) is 29.1 Å². The number of hydrogen-bond acceptors (Lipinski definition) is 8. The summed E-state index contributed by atoms with van der Waals surface area (Å²) in [4.78, 5) is 36.2. The quantitative estimate of drug-likeness (QED) is 0.580. The Kier molecular flexibility index (Phi) is 7.10. The molecule has 0 bridgehead atoms. The zero-order chi connectivity index (χ0) is 21.7. The largest absolute Gasteiger partial charge is 0.463 e. The monoisotopic (exact) mass is 457 g/mol. The van der Waals surface area contributed by atoms with E-state index >= 15 is 0 Å². The predicted octanol–water partition coefficient (Wildman–Crippen LogP) is 0.822. The van der Waals surface area contributed by atoms with E-state index in [1.807, 2.05) is 0 Å². The highest BCUT2D eigenvalue weighted by Gasteiger charge is 2.35. The normalized spacial score (nSPS) is 20.3. The molecule has 1 fully saturated rings. The summed E-state index contributed by atoms with van der Waals surface area (Å²) in [5, 5.41) is 6.61. The summed E-state index contributed by atoms with van der Waals surface area (Å²) in [5.74, 6) is -1.82. The summed E-state index contributed by atoms with van der Waals surface area (Å²) in [6, 6.07) is 2.68. The molecule has 1 aromatic rings. The summed E-state index contributed by atoms with van der Waals surface area (Å²) >= 11 is 1.13. The SMILES string of the molecule is CCOC(=O)C1=C(COC(=O)C2CCCN(S(=O)(=O)c3cccs3)C2)NC(=O)NC1. The molecule has 2 amide bonds. The maximum Gasteiger partial charge on any atom is 0.337 e. The molecule has 164 valence electrons. The lowest BCUT2D eigenvalue weighted by Crippen LogP contribution is -2.46. The van der Waals surface area contributed by atoms with Gasteiger partial charge in [0.15, 0.2) is 0 Å². The van der Waals surface area contributed by atoms with Crippen molar-refractivity contribution in [2.45, 2.75) is 24.0 Å². The Hall–Kier alpha value is -2.44. The van der Waals surface area contributed by atoms with Crippen LogP contribution in [0.2, 0.25) is 0 Å². The number of thiophene rings is 1. The molecule has 1 unspecified atom stereocenters. The molecule has 12 heteroatoms. The van der Waals surface area contributed by atoms with Gasteiger partial charge in [-0.3, -0.25) is 4.79 Å². The van der Waals surface area contributed by atoms with E-state index in [0.717, 1.165) is 11.3 Å². The number of ether oxygens (including phenoxy) is 2. The zero-order valence-electron chi connectivity index (χ0n) is 16.4. The van der Waals surface area contributed by atoms with Gasteiger partial charge >= 0.3 is 18.0 Å². The van der Waals surface area contributed by atoms with E-state index in [-0.39, 0.29) is 41.8 Å². The van der Waals surface area contributed by atoms with Crippen LogP contribution < -0.4 is 10.6 Å². The van der Waals surface area contributed by atoms with E-state index in [4.69, 9.17) is 9.47 Å². The van der Waals surface area contributed by atoms with Gasteiger partial charge in [-0.15, -0.1) is 11.3 Å². The van der Waals surface area contributed by atoms with Crippen molar-refractivity contribution in [2.75, 3.05) is 32.8 Å². The van der Waals surface area contributed by atoms with Gasteiger partial charge < -0.3 is 20.1 Å². The second kappa shape index (κ2) is 9.58. The third-order valence-corrected chi connectivity index (χ3v) is 7.98. The van der Waals surface area contributed by atoms with Crippen LogP contribution in [0.25, 0.3) is 0 Å². The molecule has 0 saturated carbocycles. The molecule has 2 N–H and O–H groups in total. The molecule has 2 aliphatic rings. The van der Waals surface area contributed by atoms with Crippen molar-refractivity contribution in [1.82, 2.24) is 14.9 Å². The Labute approximate surface area is 178 Å². The van der Waals surface area contributed by atoms with Crippen molar-refractivity contribution in [2.24, 2.45) is 5.92 Å². The summed E-state index contributed by atoms with van der Waals surface area (Å²) in [7, 11) is -3.65. The van der Waals surface area contributed by atoms with Crippen LogP contribution in [0.4, 0.5) is 4.79 Å². The maximum absolute atomic E-state index is 12.7. The minimum Gasteiger partial charge on any atom is -0.463 e. The van der Waals surface area contributed by atoms with Gasteiger partial charge in [-0.05, 0) is 31.2 Å². The van der Waals surface area contributed by atoms with Crippen LogP contribution in [0, 0.1) is 5.92 Å². The first-order chi connectivity index (χ1) is 14.3. The maximum atomic E-state index is 12.7. The average Bonchev–Trinajstić information content (AvgIpc) is 3.28. The number of esters is 2. The molecule has 0 aromatic carbocycles. The number of nitrogens with one attached hydrogen (secondary N) is 2. The number of rotatable bonds is 7. The number of sulfonamides is 1. The molecule has 10 nitrogen and oxygen atoms in total. The van der Waals surface area contributed by atoms with Gasteiger partial charge in [0, 0.05) is 13.1 Å². The molecule has 3 rings (SSSR count). The molecule has 3 heterocycles. The van der Waals surface area contributed by atoms with Crippen molar-refractivity contribution in [1.29, 1.82) is 0 Å². The van der Waals surface area contributed by atoms with E-state index in [0.29, 0.717) is 19.4 Å². The summed E-state index contributed by atoms with van der Waals surface area (Å²) < 4.78 is 37.2. The van der Waals surface area contributed by atoms with Crippen molar-refractivity contribution >= 4 is 39.3 Å². The summed E-state index contributed by atoms with van der Waals surface area (Å²) in [6.45, 7) is 1.84. The van der Waals surface area contributed by atoms with Gasteiger partial charge in [0.1, 0.15) is 10.8 Å². The standard InChI is InChI=1S/C18H23N3O7S2/c1-2-27-17(23)13-9-19-18(24)20-14(13)11-28-16(22)12-5-3-7-21(10-12)30(25,26)15-6-4-8-29-15/h4,6,8,12H,2-3,5,7,9-11H2,1H3,(H2,19,20,24). The Morgan fingerprint density at radius 2 is 2.13 bits per heavy atom. The first-order valence-corrected chi connectivity index (χ1v) is 11.8. The highest BCUT2D eigenvalue weighted by atomic mass is 32.2. The third kappa shape index (κ3) is 4.99. The molecule has 0 spiro atoms. The number of urea groups is 1. The number of amides is 2. The predicted molar refractivity (Wildman–Crippen MR) is 107 cm³/mol. The van der Waals surface area contributed by atoms with Crippen LogP contribution >= 0.6 is 11.3 Å². The number of carbonyl (C=O) groups is 3. The fourth-order valence-electron chi connectivity index (χ4n) is 3.22. The zero-order valence-corrected chi connectivity index (χ0v) is 18.0. The highest BCUT2D eigenvalue weighted by molar-refractivity contribution is 7.91. The van der Waals surface area contributed by atoms with Gasteiger partial charge in [-0.1, -0.05) is 6.07 Å². The molecule has 2 aliphatic heterocycles. The molecular formula is C18H23N3O7S2. The fraction of sp³-hybridized carbons (Fsp3) is 0.500. The molecule has 1 saturated heterocycles. The van der Waals surface area contributed by atoms with Crippen molar-refractivity contribution in [3.8, 4) is 0 Å². The first-order valence-electron chi connectivity index (χ1n) is 9.47. The second-order valence-electron chi connectivity index (χ2n) is 6.73. The van der Waals surface area contributed by atoms with Gasteiger partial charge in [0.25, 0.3) is 10.0 Å². The van der Waals surface area contributed by atoms with Gasteiger partial charge in [-0.25, -0.2) is 18.0 Å². The molecule has 0 aliphatic carbocycles. The van der Waals surface area contributed by atoms with E-state index in [1.54, 1.807) is 18.4 Å². The topological polar surface area (TPSA) is 131 Å². The summed E-state index contributed by atoms with van der Waals surface area (Å²) in [5.41, 5.74) is 0.333. The minimum atomic E-state index is -3.65. The smallest absolute Gasteiger partial charge is 0.337 e. The number of hydrogen-bond donors (Lipinski definition) is 2. The summed E-state index contributed by atoms with van der Waals surface area (Å²) in [6.07, 6.45) is 1.02. The minimum absolute atomic E-state index is 0.0246. The number of piperidine rings is 1. The molecule has 1 aromatic heterocycles. The van der Waals surface area contributed by atoms with Crippen molar-refractivity contribution in [3.05, 3.63) is 28.8 Å². The first kappa shape index (κ1) is 22.2. The van der Waals surface area contributed by atoms with Crippen LogP contribution in [0.5, 0.6) is 0 Å². The lowest BCUT2D eigenvalue weighted by atomic mass is 10.00.